The topological polar surface area (TPSA) is 86.7 Å². The summed E-state index contributed by atoms with van der Waals surface area (Å²) in [4.78, 5) is 37.7. The maximum atomic E-state index is 12.6. The molecule has 2 N–H and O–H groups in total. The SMILES string of the molecule is O=C(NCC1(C(=O)O)CC1)C1CSCN1C(=O)c1ccc(Cl)cc1. The maximum Gasteiger partial charge on any atom is 0.311 e. The molecule has 0 spiro atoms. The molecule has 128 valence electrons. The molecule has 1 saturated carbocycles. The van der Waals surface area contributed by atoms with Crippen LogP contribution in [-0.4, -0.2) is 52.0 Å². The highest BCUT2D eigenvalue weighted by Crippen LogP contribution is 2.45. The summed E-state index contributed by atoms with van der Waals surface area (Å²) in [7, 11) is 0. The Balaban J connectivity index is 1.64. The summed E-state index contributed by atoms with van der Waals surface area (Å²) >= 11 is 7.33. The van der Waals surface area contributed by atoms with E-state index in [9.17, 15) is 14.4 Å². The van der Waals surface area contributed by atoms with Crippen molar-refractivity contribution in [2.24, 2.45) is 5.41 Å². The van der Waals surface area contributed by atoms with Gasteiger partial charge >= 0.3 is 5.97 Å². The average molecular weight is 369 g/mol. The number of carboxylic acids is 1. The van der Waals surface area contributed by atoms with E-state index >= 15 is 0 Å². The minimum Gasteiger partial charge on any atom is -0.481 e. The van der Waals surface area contributed by atoms with E-state index in [1.165, 1.54) is 16.7 Å². The van der Waals surface area contributed by atoms with Gasteiger partial charge in [0.15, 0.2) is 0 Å². The number of halogens is 1. The first-order valence-corrected chi connectivity index (χ1v) is 9.12. The summed E-state index contributed by atoms with van der Waals surface area (Å²) in [5, 5.41) is 12.4. The van der Waals surface area contributed by atoms with Gasteiger partial charge in [0.2, 0.25) is 5.91 Å². The maximum absolute atomic E-state index is 12.6. The van der Waals surface area contributed by atoms with Gasteiger partial charge in [0.25, 0.3) is 5.91 Å². The Morgan fingerprint density at radius 3 is 2.54 bits per heavy atom. The molecule has 2 fully saturated rings. The Morgan fingerprint density at radius 1 is 1.29 bits per heavy atom. The summed E-state index contributed by atoms with van der Waals surface area (Å²) < 4.78 is 0. The second kappa shape index (κ2) is 6.64. The van der Waals surface area contributed by atoms with E-state index in [0.717, 1.165) is 0 Å². The van der Waals surface area contributed by atoms with Gasteiger partial charge in [-0.25, -0.2) is 0 Å². The van der Waals surface area contributed by atoms with Crippen LogP contribution < -0.4 is 5.32 Å². The second-order valence-corrected chi connectivity index (χ2v) is 7.54. The third-order valence-corrected chi connectivity index (χ3v) is 5.71. The lowest BCUT2D eigenvalue weighted by atomic mass is 10.1. The van der Waals surface area contributed by atoms with Crippen LogP contribution in [0.5, 0.6) is 0 Å². The predicted molar refractivity (Wildman–Crippen MR) is 91.0 cm³/mol. The zero-order chi connectivity index (χ0) is 17.3. The smallest absolute Gasteiger partial charge is 0.311 e. The van der Waals surface area contributed by atoms with Gasteiger partial charge in [0.05, 0.1) is 11.3 Å². The molecule has 24 heavy (non-hydrogen) atoms. The highest BCUT2D eigenvalue weighted by Gasteiger charge is 2.50. The van der Waals surface area contributed by atoms with Crippen molar-refractivity contribution in [3.63, 3.8) is 0 Å². The molecule has 0 bridgehead atoms. The normalized spacial score (nSPS) is 21.4. The minimum atomic E-state index is -0.877. The number of nitrogens with one attached hydrogen (secondary N) is 1. The van der Waals surface area contributed by atoms with Crippen LogP contribution in [0.2, 0.25) is 5.02 Å². The fraction of sp³-hybridized carbons (Fsp3) is 0.438. The molecule has 1 saturated heterocycles. The third kappa shape index (κ3) is 3.37. The van der Waals surface area contributed by atoms with Crippen molar-refractivity contribution >= 4 is 41.1 Å². The van der Waals surface area contributed by atoms with Crippen LogP contribution in [0.3, 0.4) is 0 Å². The monoisotopic (exact) mass is 368 g/mol. The van der Waals surface area contributed by atoms with E-state index in [1.54, 1.807) is 24.3 Å². The van der Waals surface area contributed by atoms with Gasteiger partial charge < -0.3 is 15.3 Å². The molecular weight excluding hydrogens is 352 g/mol. The van der Waals surface area contributed by atoms with Crippen molar-refractivity contribution in [3.8, 4) is 0 Å². The molecule has 0 aromatic heterocycles. The van der Waals surface area contributed by atoms with Gasteiger partial charge in [-0.05, 0) is 37.1 Å². The zero-order valence-corrected chi connectivity index (χ0v) is 14.4. The first-order chi connectivity index (χ1) is 11.4. The van der Waals surface area contributed by atoms with Crippen LogP contribution in [0, 0.1) is 5.41 Å². The number of hydrogen-bond donors (Lipinski definition) is 2. The molecule has 1 aliphatic carbocycles. The van der Waals surface area contributed by atoms with Crippen LogP contribution in [0.25, 0.3) is 0 Å². The summed E-state index contributed by atoms with van der Waals surface area (Å²) in [5.74, 6) is -0.460. The number of rotatable bonds is 5. The van der Waals surface area contributed by atoms with Crippen LogP contribution in [0.15, 0.2) is 24.3 Å². The molecule has 3 rings (SSSR count). The summed E-state index contributed by atoms with van der Waals surface area (Å²) in [6, 6.07) is 5.95. The molecule has 1 aliphatic heterocycles. The van der Waals surface area contributed by atoms with Crippen LogP contribution in [0.4, 0.5) is 0 Å². The number of nitrogens with zero attached hydrogens (tertiary/aromatic N) is 1. The van der Waals surface area contributed by atoms with Gasteiger partial charge in [0, 0.05) is 22.9 Å². The number of amides is 2. The molecule has 1 unspecified atom stereocenters. The number of carbonyl (C=O) groups excluding carboxylic acids is 2. The minimum absolute atomic E-state index is 0.116. The standard InChI is InChI=1S/C16H17ClN2O4S/c17-11-3-1-10(2-4-11)14(21)19-9-24-7-12(19)13(20)18-8-16(5-6-16)15(22)23/h1-4,12H,5-9H2,(H,18,20)(H,22,23). The molecule has 8 heteroatoms. The third-order valence-electron chi connectivity index (χ3n) is 4.45. The number of hydrogen-bond acceptors (Lipinski definition) is 4. The van der Waals surface area contributed by atoms with Crippen LogP contribution >= 0.6 is 23.4 Å². The lowest BCUT2D eigenvalue weighted by Gasteiger charge is -2.24. The Morgan fingerprint density at radius 2 is 1.96 bits per heavy atom. The predicted octanol–water partition coefficient (Wildman–Crippen LogP) is 1.84. The van der Waals surface area contributed by atoms with Crippen molar-refractivity contribution < 1.29 is 19.5 Å². The second-order valence-electron chi connectivity index (χ2n) is 6.10. The lowest BCUT2D eigenvalue weighted by Crippen LogP contribution is -2.49. The van der Waals surface area contributed by atoms with Crippen LogP contribution in [0.1, 0.15) is 23.2 Å². The van der Waals surface area contributed by atoms with Crippen molar-refractivity contribution in [1.82, 2.24) is 10.2 Å². The van der Waals surface area contributed by atoms with E-state index in [4.69, 9.17) is 16.7 Å². The number of aliphatic carboxylic acids is 1. The Hall–Kier alpha value is -1.73. The molecule has 0 radical (unpaired) electrons. The van der Waals surface area contributed by atoms with E-state index < -0.39 is 17.4 Å². The lowest BCUT2D eigenvalue weighted by molar-refractivity contribution is -0.143. The molecule has 1 aromatic carbocycles. The first-order valence-electron chi connectivity index (χ1n) is 7.58. The van der Waals surface area contributed by atoms with Crippen molar-refractivity contribution in [1.29, 1.82) is 0 Å². The summed E-state index contributed by atoms with van der Waals surface area (Å²) in [6.07, 6.45) is 1.16. The van der Waals surface area contributed by atoms with Crippen LogP contribution in [-0.2, 0) is 9.59 Å². The number of carboxylic acid groups (broad SMARTS) is 1. The zero-order valence-electron chi connectivity index (χ0n) is 12.8. The van der Waals surface area contributed by atoms with E-state index in [-0.39, 0.29) is 18.4 Å². The first kappa shape index (κ1) is 17.1. The molecular formula is C16H17ClN2O4S. The van der Waals surface area contributed by atoms with Crippen molar-refractivity contribution in [2.45, 2.75) is 18.9 Å². The number of benzene rings is 1. The Bertz CT molecular complexity index is 675. The van der Waals surface area contributed by atoms with Gasteiger partial charge in [-0.3, -0.25) is 14.4 Å². The summed E-state index contributed by atoms with van der Waals surface area (Å²) in [6.45, 7) is 0.116. The molecule has 1 atom stereocenters. The van der Waals surface area contributed by atoms with Gasteiger partial charge in [-0.1, -0.05) is 11.6 Å². The molecule has 2 aliphatic rings. The Labute approximate surface area is 148 Å². The largest absolute Gasteiger partial charge is 0.481 e. The fourth-order valence-electron chi connectivity index (χ4n) is 2.61. The highest BCUT2D eigenvalue weighted by molar-refractivity contribution is 7.99. The highest BCUT2D eigenvalue weighted by atomic mass is 35.5. The van der Waals surface area contributed by atoms with E-state index in [2.05, 4.69) is 5.32 Å². The fourth-order valence-corrected chi connectivity index (χ4v) is 3.89. The van der Waals surface area contributed by atoms with Gasteiger partial charge in [-0.15, -0.1) is 11.8 Å². The average Bonchev–Trinajstić information content (AvgIpc) is 3.21. The Kier molecular flexibility index (Phi) is 4.73. The van der Waals surface area contributed by atoms with E-state index in [1.807, 2.05) is 0 Å². The molecule has 1 aromatic rings. The quantitative estimate of drug-likeness (QED) is 0.828. The van der Waals surface area contributed by atoms with Gasteiger partial charge in [0.1, 0.15) is 6.04 Å². The van der Waals surface area contributed by atoms with Crippen molar-refractivity contribution in [3.05, 3.63) is 34.9 Å². The number of carbonyl (C=O) groups is 3. The van der Waals surface area contributed by atoms with Crippen molar-refractivity contribution in [2.75, 3.05) is 18.2 Å². The molecule has 1 heterocycles. The number of thioether (sulfide) groups is 1. The van der Waals surface area contributed by atoms with E-state index in [0.29, 0.717) is 35.1 Å². The summed E-state index contributed by atoms with van der Waals surface area (Å²) in [5.41, 5.74) is -0.337. The van der Waals surface area contributed by atoms with Gasteiger partial charge in [-0.2, -0.15) is 0 Å². The molecule has 2 amide bonds. The molecule has 6 nitrogen and oxygen atoms in total.